The van der Waals surface area contributed by atoms with E-state index in [4.69, 9.17) is 19.2 Å². The van der Waals surface area contributed by atoms with Gasteiger partial charge >= 0.3 is 7.82 Å². The second-order valence-electron chi connectivity index (χ2n) is 0.513. The van der Waals surface area contributed by atoms with Crippen LogP contribution in [0.2, 0.25) is 0 Å². The summed E-state index contributed by atoms with van der Waals surface area (Å²) in [5.41, 5.74) is 0. The van der Waals surface area contributed by atoms with Crippen molar-refractivity contribution in [3.8, 4) is 0 Å². The van der Waals surface area contributed by atoms with Crippen molar-refractivity contribution < 1.29 is 41.6 Å². The molecule has 0 atom stereocenters. The fourth-order valence-electron chi connectivity index (χ4n) is 0. The topological polar surface area (TPSA) is 77.8 Å². The van der Waals surface area contributed by atoms with Crippen molar-refractivity contribution in [2.45, 2.75) is 0 Å². The van der Waals surface area contributed by atoms with Gasteiger partial charge in [-0.1, -0.05) is 0 Å². The first kappa shape index (κ1) is 15.7. The molecule has 0 aromatic carbocycles. The zero-order valence-electron chi connectivity index (χ0n) is 2.64. The van der Waals surface area contributed by atoms with Crippen LogP contribution >= 0.6 is 7.82 Å². The SMILES string of the molecule is B.O=P(O)(O)O.[Nb]. The van der Waals surface area contributed by atoms with Crippen LogP contribution in [0.15, 0.2) is 0 Å². The van der Waals surface area contributed by atoms with Crippen LogP contribution in [0.1, 0.15) is 0 Å². The normalized spacial score (nSPS) is 8.43. The fourth-order valence-corrected chi connectivity index (χ4v) is 0. The van der Waals surface area contributed by atoms with E-state index in [2.05, 4.69) is 0 Å². The summed E-state index contributed by atoms with van der Waals surface area (Å²) in [4.78, 5) is 21.6. The Morgan fingerprint density at radius 1 is 1.14 bits per heavy atom. The zero-order valence-corrected chi connectivity index (χ0v) is 5.74. The molecule has 43 valence electrons. The fraction of sp³-hybridized carbons (Fsp3) is 0. The molecule has 0 aliphatic rings. The van der Waals surface area contributed by atoms with Gasteiger partial charge in [-0.2, -0.15) is 0 Å². The Kier molecular flexibility index (Phi) is 11.3. The maximum atomic E-state index is 8.88. The maximum Gasteiger partial charge on any atom is 0.466 e. The van der Waals surface area contributed by atoms with Crippen molar-refractivity contribution in [1.82, 2.24) is 0 Å². The Labute approximate surface area is 58.3 Å². The molecule has 0 unspecified atom stereocenters. The van der Waals surface area contributed by atoms with Gasteiger partial charge in [-0.15, -0.1) is 0 Å². The minimum absolute atomic E-state index is 0. The van der Waals surface area contributed by atoms with Gasteiger partial charge in [0.15, 0.2) is 0 Å². The van der Waals surface area contributed by atoms with Crippen LogP contribution < -0.4 is 0 Å². The second kappa shape index (κ2) is 5.06. The van der Waals surface area contributed by atoms with Crippen LogP contribution in [0.25, 0.3) is 0 Å². The molecule has 0 aliphatic carbocycles. The molecular formula is H6BNbO4P. The zero-order chi connectivity index (χ0) is 4.50. The van der Waals surface area contributed by atoms with Gasteiger partial charge in [0.2, 0.25) is 0 Å². The van der Waals surface area contributed by atoms with Gasteiger partial charge < -0.3 is 14.7 Å². The molecule has 1 radical (unpaired) electrons. The molecule has 0 aromatic heterocycles. The van der Waals surface area contributed by atoms with E-state index in [0.29, 0.717) is 0 Å². The molecule has 7 heteroatoms. The summed E-state index contributed by atoms with van der Waals surface area (Å²) >= 11 is 0. The predicted octanol–water partition coefficient (Wildman–Crippen LogP) is -2.12. The summed E-state index contributed by atoms with van der Waals surface area (Å²) < 4.78 is 8.88. The monoisotopic (exact) mass is 205 g/mol. The van der Waals surface area contributed by atoms with E-state index >= 15 is 0 Å². The van der Waals surface area contributed by atoms with Crippen molar-refractivity contribution in [3.05, 3.63) is 0 Å². The van der Waals surface area contributed by atoms with Gasteiger partial charge in [-0.25, -0.2) is 4.57 Å². The molecule has 4 nitrogen and oxygen atoms in total. The minimum atomic E-state index is -4.64. The van der Waals surface area contributed by atoms with Crippen LogP contribution in [-0.4, -0.2) is 23.1 Å². The number of phosphoric acid groups is 1. The quantitative estimate of drug-likeness (QED) is 0.312. The molecule has 0 aromatic rings. The van der Waals surface area contributed by atoms with Gasteiger partial charge in [-0.3, -0.25) is 0 Å². The molecule has 3 N–H and O–H groups in total. The van der Waals surface area contributed by atoms with Crippen LogP contribution in [0.3, 0.4) is 0 Å². The molecule has 0 bridgehead atoms. The molecular weight excluding hydrogens is 199 g/mol. The Hall–Kier alpha value is 0.915. The largest absolute Gasteiger partial charge is 0.466 e. The van der Waals surface area contributed by atoms with E-state index in [-0.39, 0.29) is 30.8 Å². The average molecular weight is 205 g/mol. The molecule has 0 aliphatic heterocycles. The Balaban J connectivity index is -0.0000000800. The van der Waals surface area contributed by atoms with Gasteiger partial charge in [0, 0.05) is 22.4 Å². The van der Waals surface area contributed by atoms with Gasteiger partial charge in [0.05, 0.1) is 8.41 Å². The summed E-state index contributed by atoms with van der Waals surface area (Å²) in [5.74, 6) is 0. The van der Waals surface area contributed by atoms with Crippen molar-refractivity contribution >= 4 is 16.2 Å². The van der Waals surface area contributed by atoms with Crippen molar-refractivity contribution in [1.29, 1.82) is 0 Å². The minimum Gasteiger partial charge on any atom is -0.303 e. The van der Waals surface area contributed by atoms with E-state index in [0.717, 1.165) is 0 Å². The van der Waals surface area contributed by atoms with E-state index in [1.807, 2.05) is 0 Å². The molecule has 0 saturated carbocycles. The first-order valence-corrected chi connectivity index (χ1v) is 2.35. The van der Waals surface area contributed by atoms with Gasteiger partial charge in [-0.05, 0) is 0 Å². The van der Waals surface area contributed by atoms with Crippen molar-refractivity contribution in [3.63, 3.8) is 0 Å². The number of hydrogen-bond donors (Lipinski definition) is 3. The molecule has 0 spiro atoms. The van der Waals surface area contributed by atoms with Crippen molar-refractivity contribution in [2.24, 2.45) is 0 Å². The number of rotatable bonds is 0. The maximum absolute atomic E-state index is 8.88. The summed E-state index contributed by atoms with van der Waals surface area (Å²) in [7, 11) is -4.64. The van der Waals surface area contributed by atoms with Crippen LogP contribution in [0.5, 0.6) is 0 Å². The predicted molar refractivity (Wildman–Crippen MR) is 24.2 cm³/mol. The van der Waals surface area contributed by atoms with E-state index < -0.39 is 7.82 Å². The first-order chi connectivity index (χ1) is 2.00. The average Bonchev–Trinajstić information content (AvgIpc) is 0.722. The standard InChI is InChI=1S/BH3.Nb.H3O4P/c;;1-5(2,3)4/h1H3;;(H3,1,2,3,4). The Bertz CT molecular complexity index is 57.8. The first-order valence-electron chi connectivity index (χ1n) is 0.783. The van der Waals surface area contributed by atoms with Crippen LogP contribution in [0.4, 0.5) is 0 Å². The van der Waals surface area contributed by atoms with Crippen LogP contribution in [-0.2, 0) is 26.9 Å². The van der Waals surface area contributed by atoms with E-state index in [9.17, 15) is 0 Å². The van der Waals surface area contributed by atoms with Crippen molar-refractivity contribution in [2.75, 3.05) is 0 Å². The summed E-state index contributed by atoms with van der Waals surface area (Å²) in [5, 5.41) is 0. The van der Waals surface area contributed by atoms with E-state index in [1.165, 1.54) is 0 Å². The summed E-state index contributed by atoms with van der Waals surface area (Å²) in [6.45, 7) is 0. The van der Waals surface area contributed by atoms with Gasteiger partial charge in [0.1, 0.15) is 0 Å². The number of hydrogen-bond acceptors (Lipinski definition) is 1. The second-order valence-corrected chi connectivity index (χ2v) is 1.54. The smallest absolute Gasteiger partial charge is 0.303 e. The molecule has 0 saturated heterocycles. The molecule has 7 heavy (non-hydrogen) atoms. The third kappa shape index (κ3) is 199. The molecule has 0 amide bonds. The summed E-state index contributed by atoms with van der Waals surface area (Å²) in [6, 6.07) is 0. The third-order valence-corrected chi connectivity index (χ3v) is 0. The van der Waals surface area contributed by atoms with Crippen LogP contribution in [0, 0.1) is 0 Å². The Morgan fingerprint density at radius 3 is 1.14 bits per heavy atom. The molecule has 0 fully saturated rings. The summed E-state index contributed by atoms with van der Waals surface area (Å²) in [6.07, 6.45) is 0. The van der Waals surface area contributed by atoms with Gasteiger partial charge in [0.25, 0.3) is 0 Å². The molecule has 0 rings (SSSR count). The third-order valence-electron chi connectivity index (χ3n) is 0. The Morgan fingerprint density at radius 2 is 1.14 bits per heavy atom. The van der Waals surface area contributed by atoms with E-state index in [1.54, 1.807) is 0 Å². The molecule has 0 heterocycles.